The third-order valence-corrected chi connectivity index (χ3v) is 3.85. The smallest absolute Gasteiger partial charge is 0.272 e. The van der Waals surface area contributed by atoms with Gasteiger partial charge in [-0.3, -0.25) is 9.59 Å². The molecule has 0 atom stereocenters. The van der Waals surface area contributed by atoms with E-state index in [2.05, 4.69) is 19.9 Å². The Balaban J connectivity index is 2.14. The number of hydrogen-bond donors (Lipinski definition) is 3. The molecule has 0 saturated carbocycles. The zero-order chi connectivity index (χ0) is 18.9. The van der Waals surface area contributed by atoms with E-state index in [1.54, 1.807) is 12.4 Å². The molecule has 3 N–H and O–H groups in total. The van der Waals surface area contributed by atoms with Gasteiger partial charge in [0.1, 0.15) is 16.5 Å². The monoisotopic (exact) mass is 354 g/mol. The van der Waals surface area contributed by atoms with Gasteiger partial charge in [-0.05, 0) is 29.8 Å². The quantitative estimate of drug-likeness (QED) is 0.638. The van der Waals surface area contributed by atoms with Crippen LogP contribution in [0.4, 0.5) is 4.39 Å². The molecule has 134 valence electrons. The highest BCUT2D eigenvalue weighted by molar-refractivity contribution is 5.49. The second-order valence-corrected chi connectivity index (χ2v) is 6.99. The van der Waals surface area contributed by atoms with E-state index in [1.165, 1.54) is 30.4 Å². The zero-order valence-electron chi connectivity index (χ0n) is 14.7. The van der Waals surface area contributed by atoms with Crippen molar-refractivity contribution in [2.24, 2.45) is 0 Å². The highest BCUT2D eigenvalue weighted by Gasteiger charge is 2.19. The Labute approximate surface area is 148 Å². The summed E-state index contributed by atoms with van der Waals surface area (Å²) in [6.07, 6.45) is 4.50. The predicted octanol–water partition coefficient (Wildman–Crippen LogP) is 0.880. The topological polar surface area (TPSA) is 94.4 Å². The van der Waals surface area contributed by atoms with Gasteiger partial charge in [0.15, 0.2) is 0 Å². The van der Waals surface area contributed by atoms with Gasteiger partial charge in [0.05, 0.1) is 12.0 Å². The molecule has 6 nitrogen and oxygen atoms in total. The van der Waals surface area contributed by atoms with E-state index in [9.17, 15) is 14.0 Å². The van der Waals surface area contributed by atoms with Crippen molar-refractivity contribution in [1.29, 1.82) is 0 Å². The van der Waals surface area contributed by atoms with E-state index >= 15 is 0 Å². The van der Waals surface area contributed by atoms with Crippen LogP contribution in [0.25, 0.3) is 12.2 Å². The van der Waals surface area contributed by atoms with E-state index in [0.29, 0.717) is 11.3 Å². The summed E-state index contributed by atoms with van der Waals surface area (Å²) in [5.41, 5.74) is 0.780. The summed E-state index contributed by atoms with van der Waals surface area (Å²) < 4.78 is 13.3. The fourth-order valence-corrected chi connectivity index (χ4v) is 2.61. The van der Waals surface area contributed by atoms with Gasteiger partial charge in [0, 0.05) is 11.1 Å². The van der Waals surface area contributed by atoms with Crippen LogP contribution in [-0.2, 0) is 5.41 Å². The Morgan fingerprint density at radius 2 is 1.69 bits per heavy atom. The molecule has 0 aliphatic rings. The van der Waals surface area contributed by atoms with E-state index in [0.717, 1.165) is 5.69 Å². The number of H-pyrrole nitrogens is 3. The molecule has 0 spiro atoms. The third kappa shape index (κ3) is 3.72. The van der Waals surface area contributed by atoms with Gasteiger partial charge in [-0.15, -0.1) is 0 Å². The minimum Gasteiger partial charge on any atom is -0.348 e. The summed E-state index contributed by atoms with van der Waals surface area (Å²) in [4.78, 5) is 37.0. The second-order valence-electron chi connectivity index (χ2n) is 6.99. The van der Waals surface area contributed by atoms with Crippen LogP contribution in [0.2, 0.25) is 0 Å². The lowest BCUT2D eigenvalue weighted by Crippen LogP contribution is -2.46. The molecule has 0 fully saturated rings. The second kappa shape index (κ2) is 6.59. The van der Waals surface area contributed by atoms with Crippen LogP contribution in [0.15, 0.2) is 40.2 Å². The minimum atomic E-state index is -0.479. The maximum atomic E-state index is 13.3. The first-order valence-corrected chi connectivity index (χ1v) is 8.09. The molecule has 0 aliphatic heterocycles. The van der Waals surface area contributed by atoms with Gasteiger partial charge in [0.2, 0.25) is 0 Å². The molecule has 7 heteroatoms. The summed E-state index contributed by atoms with van der Waals surface area (Å²) in [7, 11) is 0. The van der Waals surface area contributed by atoms with Gasteiger partial charge in [-0.25, -0.2) is 9.37 Å². The van der Waals surface area contributed by atoms with E-state index in [-0.39, 0.29) is 16.1 Å². The molecule has 26 heavy (non-hydrogen) atoms. The van der Waals surface area contributed by atoms with E-state index in [1.807, 2.05) is 20.8 Å². The first-order chi connectivity index (χ1) is 12.2. The molecule has 1 aromatic carbocycles. The fourth-order valence-electron chi connectivity index (χ4n) is 2.61. The number of nitrogens with zero attached hydrogens (tertiary/aromatic N) is 1. The molecule has 3 rings (SSSR count). The first kappa shape index (κ1) is 17.6. The average molecular weight is 354 g/mol. The maximum Gasteiger partial charge on any atom is 0.272 e. The number of imidazole rings is 1. The Hall–Kier alpha value is -3.22. The third-order valence-electron chi connectivity index (χ3n) is 3.85. The molecule has 2 aromatic heterocycles. The normalized spacial score (nSPS) is 13.4. The molecular weight excluding hydrogens is 335 g/mol. The number of rotatable bonds is 2. The van der Waals surface area contributed by atoms with Crippen LogP contribution in [0.3, 0.4) is 0 Å². The van der Waals surface area contributed by atoms with E-state index in [4.69, 9.17) is 0 Å². The molecular formula is C19H19FN4O2. The number of nitrogens with one attached hydrogen (secondary N) is 3. The summed E-state index contributed by atoms with van der Waals surface area (Å²) in [5.74, 6) is -0.421. The summed E-state index contributed by atoms with van der Waals surface area (Å²) in [6.45, 7) is 6.05. The molecule has 2 heterocycles. The number of hydrogen-bond acceptors (Lipinski definition) is 3. The summed E-state index contributed by atoms with van der Waals surface area (Å²) >= 11 is 0. The van der Waals surface area contributed by atoms with Gasteiger partial charge in [-0.1, -0.05) is 32.9 Å². The van der Waals surface area contributed by atoms with Crippen molar-refractivity contribution < 1.29 is 4.39 Å². The number of benzene rings is 1. The van der Waals surface area contributed by atoms with Crippen molar-refractivity contribution in [3.63, 3.8) is 0 Å². The SMILES string of the molecule is CC(C)(C)c1[nH]cnc1/C=c1/[nH]c(=O)/c(=C/c2cccc(F)c2)[nH]c1=O. The van der Waals surface area contributed by atoms with Crippen molar-refractivity contribution in [2.75, 3.05) is 0 Å². The first-order valence-electron chi connectivity index (χ1n) is 8.09. The van der Waals surface area contributed by atoms with Gasteiger partial charge in [0.25, 0.3) is 11.1 Å². The summed E-state index contributed by atoms with van der Waals surface area (Å²) in [6, 6.07) is 5.75. The van der Waals surface area contributed by atoms with Crippen LogP contribution in [0.5, 0.6) is 0 Å². The minimum absolute atomic E-state index is 0.0517. The summed E-state index contributed by atoms with van der Waals surface area (Å²) in [5, 5.41) is 0.153. The molecule has 0 radical (unpaired) electrons. The fraction of sp³-hybridized carbons (Fsp3) is 0.211. The lowest BCUT2D eigenvalue weighted by Gasteiger charge is -2.16. The van der Waals surface area contributed by atoms with Crippen molar-refractivity contribution in [3.05, 3.63) is 84.8 Å². The Bertz CT molecular complexity index is 1180. The molecule has 3 aromatic rings. The van der Waals surface area contributed by atoms with Gasteiger partial charge >= 0.3 is 0 Å². The number of aromatic amines is 3. The largest absolute Gasteiger partial charge is 0.348 e. The molecule has 0 saturated heterocycles. The predicted molar refractivity (Wildman–Crippen MR) is 97.8 cm³/mol. The lowest BCUT2D eigenvalue weighted by molar-refractivity contribution is 0.571. The Morgan fingerprint density at radius 1 is 1.04 bits per heavy atom. The van der Waals surface area contributed by atoms with Crippen molar-refractivity contribution in [1.82, 2.24) is 19.9 Å². The van der Waals surface area contributed by atoms with Gasteiger partial charge in [-0.2, -0.15) is 0 Å². The van der Waals surface area contributed by atoms with Crippen LogP contribution in [0, 0.1) is 5.82 Å². The number of aromatic nitrogens is 4. The maximum absolute atomic E-state index is 13.3. The highest BCUT2D eigenvalue weighted by Crippen LogP contribution is 2.22. The molecule has 0 bridgehead atoms. The van der Waals surface area contributed by atoms with Crippen molar-refractivity contribution in [2.45, 2.75) is 26.2 Å². The molecule has 0 aliphatic carbocycles. The molecule has 0 amide bonds. The average Bonchev–Trinajstić information content (AvgIpc) is 3.01. The lowest BCUT2D eigenvalue weighted by atomic mass is 9.90. The molecule has 0 unspecified atom stereocenters. The van der Waals surface area contributed by atoms with Crippen LogP contribution >= 0.6 is 0 Å². The van der Waals surface area contributed by atoms with Crippen LogP contribution in [-0.4, -0.2) is 19.9 Å². The zero-order valence-corrected chi connectivity index (χ0v) is 14.7. The Morgan fingerprint density at radius 3 is 2.31 bits per heavy atom. The van der Waals surface area contributed by atoms with Crippen LogP contribution in [0.1, 0.15) is 37.7 Å². The standard InChI is InChI=1S/C19H19FN4O2/c1-19(2,3)16-13(21-10-22-16)9-15-18(26)23-14(17(25)24-15)8-11-5-4-6-12(20)7-11/h4-10H,1-3H3,(H,21,22)(H,23,26)(H,24,25)/b14-8-,15-9+. The van der Waals surface area contributed by atoms with E-state index < -0.39 is 16.9 Å². The Kier molecular flexibility index (Phi) is 4.46. The van der Waals surface area contributed by atoms with Crippen molar-refractivity contribution in [3.8, 4) is 0 Å². The van der Waals surface area contributed by atoms with Gasteiger partial charge < -0.3 is 15.0 Å². The van der Waals surface area contributed by atoms with Crippen molar-refractivity contribution >= 4 is 12.2 Å². The number of halogens is 1. The van der Waals surface area contributed by atoms with Crippen LogP contribution < -0.4 is 21.8 Å². The highest BCUT2D eigenvalue weighted by atomic mass is 19.1.